The van der Waals surface area contributed by atoms with Crippen LogP contribution >= 0.6 is 15.9 Å². The minimum absolute atomic E-state index is 0.0561. The highest BCUT2D eigenvalue weighted by atomic mass is 79.9. The van der Waals surface area contributed by atoms with Crippen LogP contribution in [0.4, 0.5) is 0 Å². The van der Waals surface area contributed by atoms with E-state index in [1.54, 1.807) is 0 Å². The predicted molar refractivity (Wildman–Crippen MR) is 100 cm³/mol. The van der Waals surface area contributed by atoms with E-state index in [-0.39, 0.29) is 17.4 Å². The van der Waals surface area contributed by atoms with Crippen molar-refractivity contribution in [1.82, 2.24) is 5.32 Å². The van der Waals surface area contributed by atoms with E-state index in [0.29, 0.717) is 0 Å². The zero-order chi connectivity index (χ0) is 16.7. The van der Waals surface area contributed by atoms with Crippen molar-refractivity contribution in [2.24, 2.45) is 0 Å². The number of carbonyl (C=O) groups excluding carboxylic acids is 1. The molecule has 2 aliphatic rings. The van der Waals surface area contributed by atoms with E-state index in [0.717, 1.165) is 35.7 Å². The molecule has 0 spiro atoms. The summed E-state index contributed by atoms with van der Waals surface area (Å²) in [5, 5.41) is 3.25. The molecule has 4 rings (SSSR count). The maximum absolute atomic E-state index is 12.7. The largest absolute Gasteiger partial charge is 0.349 e. The van der Waals surface area contributed by atoms with Crippen molar-refractivity contribution < 1.29 is 4.79 Å². The monoisotopic (exact) mass is 383 g/mol. The number of aryl methyl sites for hydroxylation is 2. The van der Waals surface area contributed by atoms with Crippen LogP contribution in [0, 0.1) is 0 Å². The molecule has 1 unspecified atom stereocenters. The number of hydrogen-bond acceptors (Lipinski definition) is 1. The third-order valence-corrected chi connectivity index (χ3v) is 6.27. The van der Waals surface area contributed by atoms with Gasteiger partial charge in [0.2, 0.25) is 0 Å². The topological polar surface area (TPSA) is 29.1 Å². The lowest BCUT2D eigenvalue weighted by Crippen LogP contribution is -2.41. The molecule has 0 aliphatic heterocycles. The zero-order valence-electron chi connectivity index (χ0n) is 13.9. The molecule has 3 heteroatoms. The quantitative estimate of drug-likeness (QED) is 0.807. The lowest BCUT2D eigenvalue weighted by atomic mass is 9.89. The van der Waals surface area contributed by atoms with Gasteiger partial charge in [0, 0.05) is 21.5 Å². The summed E-state index contributed by atoms with van der Waals surface area (Å²) >= 11 is 3.50. The summed E-state index contributed by atoms with van der Waals surface area (Å²) in [6, 6.07) is 14.9. The Kier molecular flexibility index (Phi) is 4.00. The summed E-state index contributed by atoms with van der Waals surface area (Å²) in [6.07, 6.45) is 5.75. The molecule has 124 valence electrons. The van der Waals surface area contributed by atoms with Crippen molar-refractivity contribution in [3.8, 4) is 0 Å². The van der Waals surface area contributed by atoms with Gasteiger partial charge in [0.05, 0.1) is 0 Å². The average Bonchev–Trinajstić information content (AvgIpc) is 3.26. The van der Waals surface area contributed by atoms with Gasteiger partial charge in [-0.15, -0.1) is 0 Å². The molecule has 0 bridgehead atoms. The summed E-state index contributed by atoms with van der Waals surface area (Å²) in [4.78, 5) is 12.7. The zero-order valence-corrected chi connectivity index (χ0v) is 15.5. The van der Waals surface area contributed by atoms with Crippen LogP contribution in [0.5, 0.6) is 0 Å². The Morgan fingerprint density at radius 2 is 1.79 bits per heavy atom. The standard InChI is InChI=1S/C21H22BrNO/c1-14(21(11-12-21)18-7-9-19(22)10-8-18)23-20(24)17-6-5-15-3-2-4-16(15)13-17/h5-10,13-14H,2-4,11-12H2,1H3,(H,23,24). The second-order valence-corrected chi connectivity index (χ2v) is 8.11. The second-order valence-electron chi connectivity index (χ2n) is 7.20. The van der Waals surface area contributed by atoms with E-state index >= 15 is 0 Å². The molecule has 0 saturated heterocycles. The van der Waals surface area contributed by atoms with Crippen molar-refractivity contribution >= 4 is 21.8 Å². The fourth-order valence-electron chi connectivity index (χ4n) is 4.02. The van der Waals surface area contributed by atoms with Crippen LogP contribution in [0.1, 0.15) is 53.2 Å². The van der Waals surface area contributed by atoms with Crippen LogP contribution in [-0.4, -0.2) is 11.9 Å². The molecule has 1 atom stereocenters. The van der Waals surface area contributed by atoms with E-state index in [9.17, 15) is 4.79 Å². The van der Waals surface area contributed by atoms with Gasteiger partial charge in [0.15, 0.2) is 0 Å². The van der Waals surface area contributed by atoms with Crippen molar-refractivity contribution in [2.75, 3.05) is 0 Å². The summed E-state index contributed by atoms with van der Waals surface area (Å²) in [5.74, 6) is 0.0561. The molecular formula is C21H22BrNO. The van der Waals surface area contributed by atoms with Crippen LogP contribution in [0.15, 0.2) is 46.9 Å². The highest BCUT2D eigenvalue weighted by Crippen LogP contribution is 2.51. The van der Waals surface area contributed by atoms with Crippen LogP contribution in [0.25, 0.3) is 0 Å². The predicted octanol–water partition coefficient (Wildman–Crippen LogP) is 4.79. The van der Waals surface area contributed by atoms with E-state index in [2.05, 4.69) is 64.6 Å². The van der Waals surface area contributed by atoms with E-state index in [4.69, 9.17) is 0 Å². The molecule has 2 nitrogen and oxygen atoms in total. The molecular weight excluding hydrogens is 362 g/mol. The number of hydrogen-bond donors (Lipinski definition) is 1. The lowest BCUT2D eigenvalue weighted by Gasteiger charge is -2.25. The molecule has 24 heavy (non-hydrogen) atoms. The number of fused-ring (bicyclic) bond motifs is 1. The third kappa shape index (κ3) is 2.79. The molecule has 0 aromatic heterocycles. The number of amides is 1. The first-order valence-corrected chi connectivity index (χ1v) is 9.56. The first kappa shape index (κ1) is 15.9. The maximum Gasteiger partial charge on any atom is 0.251 e. The van der Waals surface area contributed by atoms with Gasteiger partial charge in [-0.25, -0.2) is 0 Å². The van der Waals surface area contributed by atoms with Gasteiger partial charge in [-0.05, 0) is 80.0 Å². The Morgan fingerprint density at radius 1 is 1.08 bits per heavy atom. The third-order valence-electron chi connectivity index (χ3n) is 5.74. The minimum Gasteiger partial charge on any atom is -0.349 e. The first-order valence-electron chi connectivity index (χ1n) is 8.77. The number of halogens is 1. The Bertz CT molecular complexity index is 777. The van der Waals surface area contributed by atoms with Gasteiger partial charge < -0.3 is 5.32 Å². The van der Waals surface area contributed by atoms with Crippen LogP contribution in [-0.2, 0) is 18.3 Å². The van der Waals surface area contributed by atoms with Gasteiger partial charge in [0.1, 0.15) is 0 Å². The molecule has 0 heterocycles. The smallest absolute Gasteiger partial charge is 0.251 e. The highest BCUT2D eigenvalue weighted by molar-refractivity contribution is 9.10. The molecule has 1 N–H and O–H groups in total. The Labute approximate surface area is 151 Å². The number of carbonyl (C=O) groups is 1. The van der Waals surface area contributed by atoms with Gasteiger partial charge in [0.25, 0.3) is 5.91 Å². The van der Waals surface area contributed by atoms with Crippen LogP contribution in [0.3, 0.4) is 0 Å². The normalized spacial score (nSPS) is 18.8. The highest BCUT2D eigenvalue weighted by Gasteiger charge is 2.49. The fraction of sp³-hybridized carbons (Fsp3) is 0.381. The van der Waals surface area contributed by atoms with Gasteiger partial charge in [-0.3, -0.25) is 4.79 Å². The molecule has 2 aliphatic carbocycles. The Balaban J connectivity index is 1.50. The van der Waals surface area contributed by atoms with Gasteiger partial charge in [-0.2, -0.15) is 0 Å². The van der Waals surface area contributed by atoms with Crippen molar-refractivity contribution in [2.45, 2.75) is 50.5 Å². The fourth-order valence-corrected chi connectivity index (χ4v) is 4.28. The molecule has 1 amide bonds. The van der Waals surface area contributed by atoms with Crippen LogP contribution < -0.4 is 5.32 Å². The SMILES string of the molecule is CC(NC(=O)c1ccc2c(c1)CCC2)C1(c2ccc(Br)cc2)CC1. The molecule has 1 saturated carbocycles. The summed E-state index contributed by atoms with van der Waals surface area (Å²) < 4.78 is 1.09. The summed E-state index contributed by atoms with van der Waals surface area (Å²) in [5.41, 5.74) is 4.99. The average molecular weight is 384 g/mol. The van der Waals surface area contributed by atoms with Crippen LogP contribution in [0.2, 0.25) is 0 Å². The van der Waals surface area contributed by atoms with E-state index < -0.39 is 0 Å². The number of benzene rings is 2. The molecule has 2 aromatic carbocycles. The summed E-state index contributed by atoms with van der Waals surface area (Å²) in [6.45, 7) is 2.14. The van der Waals surface area contributed by atoms with E-state index in [1.807, 2.05) is 6.07 Å². The molecule has 1 fully saturated rings. The Morgan fingerprint density at radius 3 is 2.50 bits per heavy atom. The molecule has 2 aromatic rings. The van der Waals surface area contributed by atoms with Gasteiger partial charge >= 0.3 is 0 Å². The first-order chi connectivity index (χ1) is 11.6. The van der Waals surface area contributed by atoms with Gasteiger partial charge in [-0.1, -0.05) is 34.1 Å². The second kappa shape index (κ2) is 6.03. The van der Waals surface area contributed by atoms with E-state index in [1.165, 1.54) is 23.1 Å². The maximum atomic E-state index is 12.7. The minimum atomic E-state index is 0.0561. The van der Waals surface area contributed by atoms with Crippen molar-refractivity contribution in [3.63, 3.8) is 0 Å². The Hall–Kier alpha value is -1.61. The summed E-state index contributed by atoms with van der Waals surface area (Å²) in [7, 11) is 0. The molecule has 0 radical (unpaired) electrons. The van der Waals surface area contributed by atoms with Crippen molar-refractivity contribution in [1.29, 1.82) is 0 Å². The van der Waals surface area contributed by atoms with Crippen molar-refractivity contribution in [3.05, 3.63) is 69.2 Å². The number of rotatable bonds is 4. The number of nitrogens with one attached hydrogen (secondary N) is 1. The lowest BCUT2D eigenvalue weighted by molar-refractivity contribution is 0.0931.